The van der Waals surface area contributed by atoms with Crippen LogP contribution >= 0.6 is 0 Å². The number of carbonyl (C=O) groups excluding carboxylic acids is 1. The normalized spacial score (nSPS) is 24.4. The van der Waals surface area contributed by atoms with Crippen molar-refractivity contribution in [2.75, 3.05) is 5.32 Å². The van der Waals surface area contributed by atoms with Crippen molar-refractivity contribution in [3.05, 3.63) is 29.3 Å². The minimum Gasteiger partial charge on any atom is -0.481 e. The molecule has 0 aromatic heterocycles. The van der Waals surface area contributed by atoms with E-state index in [2.05, 4.69) is 11.4 Å². The van der Waals surface area contributed by atoms with Crippen molar-refractivity contribution in [2.24, 2.45) is 11.8 Å². The third-order valence-electron chi connectivity index (χ3n) is 4.79. The number of anilines is 1. The van der Waals surface area contributed by atoms with Crippen molar-refractivity contribution in [3.8, 4) is 0 Å². The first-order chi connectivity index (χ1) is 10.1. The lowest BCUT2D eigenvalue weighted by atomic mass is 9.78. The molecule has 1 amide bonds. The minimum atomic E-state index is -0.844. The van der Waals surface area contributed by atoms with Crippen molar-refractivity contribution in [1.82, 2.24) is 0 Å². The lowest BCUT2D eigenvalue weighted by Gasteiger charge is -2.27. The summed E-state index contributed by atoms with van der Waals surface area (Å²) in [7, 11) is 0. The van der Waals surface area contributed by atoms with E-state index >= 15 is 0 Å². The highest BCUT2D eigenvalue weighted by Crippen LogP contribution is 2.32. The van der Waals surface area contributed by atoms with E-state index in [0.29, 0.717) is 12.8 Å². The highest BCUT2D eigenvalue weighted by atomic mass is 16.4. The number of fused-ring (bicyclic) bond motifs is 1. The molecule has 3 rings (SSSR count). The highest BCUT2D eigenvalue weighted by Gasteiger charge is 2.35. The molecule has 21 heavy (non-hydrogen) atoms. The van der Waals surface area contributed by atoms with E-state index in [1.54, 1.807) is 0 Å². The SMILES string of the molecule is O=C(Nc1ccc2c(c1)CCC2)[C@H]1CCCC[C@H]1C(=O)O. The number of aryl methyl sites for hydroxylation is 2. The Morgan fingerprint density at radius 3 is 2.48 bits per heavy atom. The molecule has 0 spiro atoms. The number of benzene rings is 1. The quantitative estimate of drug-likeness (QED) is 0.898. The summed E-state index contributed by atoms with van der Waals surface area (Å²) in [6.07, 6.45) is 6.49. The molecule has 0 heterocycles. The number of rotatable bonds is 3. The van der Waals surface area contributed by atoms with Crippen molar-refractivity contribution in [2.45, 2.75) is 44.9 Å². The fraction of sp³-hybridized carbons (Fsp3) is 0.529. The smallest absolute Gasteiger partial charge is 0.307 e. The zero-order valence-corrected chi connectivity index (χ0v) is 12.1. The van der Waals surface area contributed by atoms with E-state index in [1.807, 2.05) is 12.1 Å². The zero-order chi connectivity index (χ0) is 14.8. The molecule has 1 aromatic carbocycles. The summed E-state index contributed by atoms with van der Waals surface area (Å²) in [6, 6.07) is 6.05. The van der Waals surface area contributed by atoms with Crippen LogP contribution in [0, 0.1) is 11.8 Å². The molecule has 2 aliphatic carbocycles. The Labute approximate surface area is 124 Å². The summed E-state index contributed by atoms with van der Waals surface area (Å²) in [5.41, 5.74) is 3.48. The zero-order valence-electron chi connectivity index (χ0n) is 12.1. The number of hydrogen-bond donors (Lipinski definition) is 2. The maximum Gasteiger partial charge on any atom is 0.307 e. The average Bonchev–Trinajstić information content (AvgIpc) is 2.94. The molecule has 1 saturated carbocycles. The lowest BCUT2D eigenvalue weighted by Crippen LogP contribution is -2.36. The fourth-order valence-electron chi connectivity index (χ4n) is 3.62. The van der Waals surface area contributed by atoms with Crippen LogP contribution in [0.1, 0.15) is 43.2 Å². The van der Waals surface area contributed by atoms with Crippen LogP contribution in [0.4, 0.5) is 5.69 Å². The standard InChI is InChI=1S/C17H21NO3/c19-16(14-6-1-2-7-15(14)17(20)21)18-13-9-8-11-4-3-5-12(11)10-13/h8-10,14-15H,1-7H2,(H,18,19)(H,20,21)/t14-,15+/m0/s1. The van der Waals surface area contributed by atoms with Crippen LogP contribution in [-0.4, -0.2) is 17.0 Å². The van der Waals surface area contributed by atoms with Crippen LogP contribution in [0.25, 0.3) is 0 Å². The Morgan fingerprint density at radius 1 is 1.00 bits per heavy atom. The Bertz CT molecular complexity index is 567. The summed E-state index contributed by atoms with van der Waals surface area (Å²) in [5, 5.41) is 12.2. The summed E-state index contributed by atoms with van der Waals surface area (Å²) < 4.78 is 0. The largest absolute Gasteiger partial charge is 0.481 e. The second-order valence-corrected chi connectivity index (χ2v) is 6.16. The molecule has 2 aliphatic rings. The Balaban J connectivity index is 1.71. The van der Waals surface area contributed by atoms with E-state index in [-0.39, 0.29) is 5.91 Å². The topological polar surface area (TPSA) is 66.4 Å². The second-order valence-electron chi connectivity index (χ2n) is 6.16. The molecule has 2 atom stereocenters. The molecule has 0 saturated heterocycles. The monoisotopic (exact) mass is 287 g/mol. The number of hydrogen-bond acceptors (Lipinski definition) is 2. The average molecular weight is 287 g/mol. The van der Waals surface area contributed by atoms with Gasteiger partial charge in [-0.1, -0.05) is 18.9 Å². The van der Waals surface area contributed by atoms with Crippen LogP contribution in [0.3, 0.4) is 0 Å². The molecular weight excluding hydrogens is 266 g/mol. The number of nitrogens with one attached hydrogen (secondary N) is 1. The number of carboxylic acids is 1. The molecular formula is C17H21NO3. The molecule has 112 valence electrons. The second kappa shape index (κ2) is 5.88. The van der Waals surface area contributed by atoms with E-state index in [1.165, 1.54) is 17.5 Å². The first-order valence-corrected chi connectivity index (χ1v) is 7.80. The molecule has 0 unspecified atom stereocenters. The maximum atomic E-state index is 12.4. The third-order valence-corrected chi connectivity index (χ3v) is 4.79. The van der Waals surface area contributed by atoms with Gasteiger partial charge in [0.2, 0.25) is 5.91 Å². The third kappa shape index (κ3) is 2.94. The van der Waals surface area contributed by atoms with Crippen LogP contribution in [0.5, 0.6) is 0 Å². The van der Waals surface area contributed by atoms with Gasteiger partial charge in [0.25, 0.3) is 0 Å². The van der Waals surface area contributed by atoms with Crippen molar-refractivity contribution in [3.63, 3.8) is 0 Å². The van der Waals surface area contributed by atoms with Gasteiger partial charge < -0.3 is 10.4 Å². The molecule has 0 aliphatic heterocycles. The predicted molar refractivity (Wildman–Crippen MR) is 80.2 cm³/mol. The Morgan fingerprint density at radius 2 is 1.71 bits per heavy atom. The summed E-state index contributed by atoms with van der Waals surface area (Å²) in [5.74, 6) is -1.92. The maximum absolute atomic E-state index is 12.4. The van der Waals surface area contributed by atoms with Gasteiger partial charge >= 0.3 is 5.97 Å². The van der Waals surface area contributed by atoms with Crippen LogP contribution in [0.15, 0.2) is 18.2 Å². The van der Waals surface area contributed by atoms with Gasteiger partial charge in [0, 0.05) is 5.69 Å². The number of carboxylic acid groups (broad SMARTS) is 1. The first-order valence-electron chi connectivity index (χ1n) is 7.80. The summed E-state index contributed by atoms with van der Waals surface area (Å²) >= 11 is 0. The highest BCUT2D eigenvalue weighted by molar-refractivity contribution is 5.95. The molecule has 4 heteroatoms. The predicted octanol–water partition coefficient (Wildman–Crippen LogP) is 3.00. The van der Waals surface area contributed by atoms with E-state index in [0.717, 1.165) is 31.4 Å². The van der Waals surface area contributed by atoms with Crippen LogP contribution < -0.4 is 5.32 Å². The number of carbonyl (C=O) groups is 2. The number of amides is 1. The van der Waals surface area contributed by atoms with Crippen molar-refractivity contribution < 1.29 is 14.7 Å². The van der Waals surface area contributed by atoms with Crippen LogP contribution in [-0.2, 0) is 22.4 Å². The van der Waals surface area contributed by atoms with E-state index in [9.17, 15) is 14.7 Å². The van der Waals surface area contributed by atoms with Gasteiger partial charge in [-0.05, 0) is 55.4 Å². The first kappa shape index (κ1) is 14.1. The van der Waals surface area contributed by atoms with Crippen LogP contribution in [0.2, 0.25) is 0 Å². The molecule has 4 nitrogen and oxygen atoms in total. The lowest BCUT2D eigenvalue weighted by molar-refractivity contribution is -0.147. The van der Waals surface area contributed by atoms with Crippen molar-refractivity contribution >= 4 is 17.6 Å². The summed E-state index contributed by atoms with van der Waals surface area (Å²) in [4.78, 5) is 23.7. The minimum absolute atomic E-state index is 0.139. The van der Waals surface area contributed by atoms with Crippen molar-refractivity contribution in [1.29, 1.82) is 0 Å². The van der Waals surface area contributed by atoms with Gasteiger partial charge in [-0.15, -0.1) is 0 Å². The van der Waals surface area contributed by atoms with Gasteiger partial charge in [0.05, 0.1) is 11.8 Å². The fourth-order valence-corrected chi connectivity index (χ4v) is 3.62. The van der Waals surface area contributed by atoms with E-state index in [4.69, 9.17) is 0 Å². The molecule has 0 bridgehead atoms. The van der Waals surface area contributed by atoms with Gasteiger partial charge in [0.1, 0.15) is 0 Å². The van der Waals surface area contributed by atoms with E-state index < -0.39 is 17.8 Å². The number of aliphatic carboxylic acids is 1. The van der Waals surface area contributed by atoms with Gasteiger partial charge in [0.15, 0.2) is 0 Å². The van der Waals surface area contributed by atoms with Gasteiger partial charge in [-0.3, -0.25) is 9.59 Å². The Kier molecular flexibility index (Phi) is 3.95. The molecule has 0 radical (unpaired) electrons. The van der Waals surface area contributed by atoms with Gasteiger partial charge in [-0.25, -0.2) is 0 Å². The molecule has 2 N–H and O–H groups in total. The summed E-state index contributed by atoms with van der Waals surface area (Å²) in [6.45, 7) is 0. The Hall–Kier alpha value is -1.84. The molecule has 1 aromatic rings. The molecule has 1 fully saturated rings. The van der Waals surface area contributed by atoms with Gasteiger partial charge in [-0.2, -0.15) is 0 Å².